The molecule has 1 aliphatic rings. The maximum absolute atomic E-state index is 11.4. The average molecular weight is 474 g/mol. The highest BCUT2D eigenvalue weighted by Crippen LogP contribution is 2.41. The van der Waals surface area contributed by atoms with Crippen LogP contribution in [0.3, 0.4) is 0 Å². The maximum atomic E-state index is 11.4. The number of imidazole rings is 1. The number of rotatable bonds is 10. The Morgan fingerprint density at radius 2 is 2.09 bits per heavy atom. The van der Waals surface area contributed by atoms with E-state index >= 15 is 0 Å². The van der Waals surface area contributed by atoms with Gasteiger partial charge in [0.1, 0.15) is 6.29 Å². The van der Waals surface area contributed by atoms with E-state index in [4.69, 9.17) is 10.5 Å². The topological polar surface area (TPSA) is 113 Å². The summed E-state index contributed by atoms with van der Waals surface area (Å²) in [6.45, 7) is 4.63. The highest BCUT2D eigenvalue weighted by molar-refractivity contribution is 5.82. The number of anilines is 2. The zero-order valence-electron chi connectivity index (χ0n) is 20.4. The molecule has 1 aliphatic carbocycles. The molecule has 3 N–H and O–H groups in total. The predicted octanol–water partition coefficient (Wildman–Crippen LogP) is 4.79. The third kappa shape index (κ3) is 4.58. The van der Waals surface area contributed by atoms with E-state index in [9.17, 15) is 4.79 Å². The van der Waals surface area contributed by atoms with Crippen molar-refractivity contribution in [1.29, 1.82) is 0 Å². The summed E-state index contributed by atoms with van der Waals surface area (Å²) in [5.74, 6) is 1.55. The van der Waals surface area contributed by atoms with Gasteiger partial charge in [-0.2, -0.15) is 5.10 Å². The summed E-state index contributed by atoms with van der Waals surface area (Å²) >= 11 is 0. The summed E-state index contributed by atoms with van der Waals surface area (Å²) in [6.07, 6.45) is 6.61. The lowest BCUT2D eigenvalue weighted by Gasteiger charge is -2.18. The Bertz CT molecular complexity index is 1370. The molecular weight excluding hydrogens is 442 g/mol. The van der Waals surface area contributed by atoms with Crippen LogP contribution in [0.2, 0.25) is 0 Å². The number of nitrogens with one attached hydrogen (secondary N) is 1. The molecule has 0 amide bonds. The van der Waals surface area contributed by atoms with Crippen molar-refractivity contribution in [2.75, 3.05) is 24.7 Å². The average Bonchev–Trinajstić information content (AvgIpc) is 3.50. The highest BCUT2D eigenvalue weighted by Gasteiger charge is 2.29. The lowest BCUT2D eigenvalue weighted by molar-refractivity contribution is 0.112. The van der Waals surface area contributed by atoms with E-state index in [1.54, 1.807) is 18.3 Å². The molecule has 1 aromatic carbocycles. The molecule has 0 bridgehead atoms. The second-order valence-electron chi connectivity index (χ2n) is 9.23. The van der Waals surface area contributed by atoms with Crippen LogP contribution < -0.4 is 15.8 Å². The second-order valence-corrected chi connectivity index (χ2v) is 9.23. The van der Waals surface area contributed by atoms with Gasteiger partial charge >= 0.3 is 0 Å². The smallest absolute Gasteiger partial charge is 0.221 e. The number of hydrogen-bond acceptors (Lipinski definition) is 7. The predicted molar refractivity (Wildman–Crippen MR) is 137 cm³/mol. The van der Waals surface area contributed by atoms with Crippen molar-refractivity contribution in [2.24, 2.45) is 0 Å². The Hall–Kier alpha value is -3.88. The van der Waals surface area contributed by atoms with E-state index in [0.717, 1.165) is 66.1 Å². The van der Waals surface area contributed by atoms with Crippen LogP contribution in [0.4, 0.5) is 11.6 Å². The second kappa shape index (κ2) is 9.40. The van der Waals surface area contributed by atoms with Gasteiger partial charge in [-0.3, -0.25) is 9.78 Å². The molecule has 1 saturated carbocycles. The Morgan fingerprint density at radius 1 is 1.26 bits per heavy atom. The SMILES string of the molecule is CNc1nc2cc(N)ccc2n1C(C)CCCOc1c(-c2cc(C=O)cc(C)n2)cnn1C1CC1. The van der Waals surface area contributed by atoms with Crippen molar-refractivity contribution in [3.8, 4) is 17.1 Å². The molecule has 3 aromatic heterocycles. The van der Waals surface area contributed by atoms with E-state index < -0.39 is 0 Å². The van der Waals surface area contributed by atoms with Crippen LogP contribution in [0.25, 0.3) is 22.3 Å². The summed E-state index contributed by atoms with van der Waals surface area (Å²) in [5.41, 5.74) is 11.5. The lowest BCUT2D eigenvalue weighted by Crippen LogP contribution is -2.11. The molecular formula is C26H31N7O2. The molecule has 5 rings (SSSR count). The minimum atomic E-state index is 0.219. The monoisotopic (exact) mass is 473 g/mol. The number of nitrogens with two attached hydrogens (primary N) is 1. The van der Waals surface area contributed by atoms with E-state index in [2.05, 4.69) is 31.9 Å². The standard InChI is InChI=1S/C26H31N7O2/c1-16-11-18(15-34)12-22(30-16)21-14-29-33(20-7-8-20)25(21)35-10-4-5-17(2)32-24-9-6-19(27)13-23(24)31-26(32)28-3/h6,9,11-15,17,20H,4-5,7-8,10,27H2,1-3H3,(H,28,31). The van der Waals surface area contributed by atoms with Gasteiger partial charge < -0.3 is 20.4 Å². The quantitative estimate of drug-likeness (QED) is 0.193. The van der Waals surface area contributed by atoms with E-state index in [1.165, 1.54) is 0 Å². The van der Waals surface area contributed by atoms with Gasteiger partial charge in [-0.15, -0.1) is 0 Å². The van der Waals surface area contributed by atoms with Crippen molar-refractivity contribution < 1.29 is 9.53 Å². The molecule has 1 fully saturated rings. The van der Waals surface area contributed by atoms with Crippen molar-refractivity contribution in [1.82, 2.24) is 24.3 Å². The van der Waals surface area contributed by atoms with E-state index in [1.807, 2.05) is 36.9 Å². The number of aryl methyl sites for hydroxylation is 1. The number of hydrogen-bond donors (Lipinski definition) is 2. The Morgan fingerprint density at radius 3 is 2.83 bits per heavy atom. The summed E-state index contributed by atoms with van der Waals surface area (Å²) < 4.78 is 10.5. The lowest BCUT2D eigenvalue weighted by atomic mass is 10.1. The summed E-state index contributed by atoms with van der Waals surface area (Å²) in [5, 5.41) is 7.79. The van der Waals surface area contributed by atoms with Crippen LogP contribution >= 0.6 is 0 Å². The van der Waals surface area contributed by atoms with Gasteiger partial charge in [0.15, 0.2) is 0 Å². The molecule has 4 aromatic rings. The van der Waals surface area contributed by atoms with Gasteiger partial charge in [-0.25, -0.2) is 9.67 Å². The molecule has 9 heteroatoms. The van der Waals surface area contributed by atoms with Crippen molar-refractivity contribution in [3.63, 3.8) is 0 Å². The molecule has 0 saturated heterocycles. The molecule has 1 atom stereocenters. The van der Waals surface area contributed by atoms with Crippen molar-refractivity contribution in [3.05, 3.63) is 47.8 Å². The van der Waals surface area contributed by atoms with Crippen LogP contribution in [-0.2, 0) is 0 Å². The van der Waals surface area contributed by atoms with Crippen LogP contribution in [0, 0.1) is 6.92 Å². The van der Waals surface area contributed by atoms with Crippen molar-refractivity contribution in [2.45, 2.75) is 51.6 Å². The Labute approximate surface area is 204 Å². The first-order valence-electron chi connectivity index (χ1n) is 12.1. The van der Waals surface area contributed by atoms with Crippen LogP contribution in [0.1, 0.15) is 60.7 Å². The van der Waals surface area contributed by atoms with E-state index in [0.29, 0.717) is 29.6 Å². The van der Waals surface area contributed by atoms with Gasteiger partial charge in [0, 0.05) is 30.0 Å². The summed E-state index contributed by atoms with van der Waals surface area (Å²) in [6, 6.07) is 9.99. The minimum absolute atomic E-state index is 0.219. The number of benzene rings is 1. The number of carbonyl (C=O) groups excluding carboxylic acids is 1. The van der Waals surface area contributed by atoms with Gasteiger partial charge in [0.05, 0.1) is 41.1 Å². The molecule has 0 aliphatic heterocycles. The summed E-state index contributed by atoms with van der Waals surface area (Å²) in [4.78, 5) is 20.7. The van der Waals surface area contributed by atoms with Crippen LogP contribution in [0.15, 0.2) is 36.5 Å². The normalized spacial score (nSPS) is 14.3. The van der Waals surface area contributed by atoms with Crippen molar-refractivity contribution >= 4 is 29.0 Å². The zero-order chi connectivity index (χ0) is 24.5. The van der Waals surface area contributed by atoms with Gasteiger partial charge in [0.25, 0.3) is 0 Å². The van der Waals surface area contributed by atoms with E-state index in [-0.39, 0.29) is 6.04 Å². The molecule has 1 unspecified atom stereocenters. The number of pyridine rings is 1. The van der Waals surface area contributed by atoms with Crippen LogP contribution in [0.5, 0.6) is 5.88 Å². The first-order chi connectivity index (χ1) is 17.0. The first kappa shape index (κ1) is 22.9. The Balaban J connectivity index is 1.31. The number of carbonyl (C=O) groups is 1. The summed E-state index contributed by atoms with van der Waals surface area (Å²) in [7, 11) is 1.88. The molecule has 182 valence electrons. The number of aromatic nitrogens is 5. The van der Waals surface area contributed by atoms with Crippen LogP contribution in [-0.4, -0.2) is 44.3 Å². The highest BCUT2D eigenvalue weighted by atomic mass is 16.5. The number of aldehydes is 1. The largest absolute Gasteiger partial charge is 0.477 e. The third-order valence-corrected chi connectivity index (χ3v) is 6.41. The molecule has 3 heterocycles. The van der Waals surface area contributed by atoms with Gasteiger partial charge in [-0.1, -0.05) is 0 Å². The van der Waals surface area contributed by atoms with Gasteiger partial charge in [0.2, 0.25) is 11.8 Å². The number of nitrogens with zero attached hydrogens (tertiary/aromatic N) is 5. The third-order valence-electron chi connectivity index (χ3n) is 6.41. The fraction of sp³-hybridized carbons (Fsp3) is 0.385. The van der Waals surface area contributed by atoms with Gasteiger partial charge in [-0.05, 0) is 69.9 Å². The fourth-order valence-electron chi connectivity index (χ4n) is 4.57. The molecule has 0 spiro atoms. The molecule has 9 nitrogen and oxygen atoms in total. The maximum Gasteiger partial charge on any atom is 0.221 e. The zero-order valence-corrected chi connectivity index (χ0v) is 20.4. The fourth-order valence-corrected chi connectivity index (χ4v) is 4.57. The Kier molecular flexibility index (Phi) is 6.15. The molecule has 35 heavy (non-hydrogen) atoms. The molecule has 0 radical (unpaired) electrons. The first-order valence-corrected chi connectivity index (χ1v) is 12.1. The number of ether oxygens (including phenoxy) is 1. The minimum Gasteiger partial charge on any atom is -0.477 e. The number of nitrogen functional groups attached to an aromatic ring is 1. The number of fused-ring (bicyclic) bond motifs is 1.